The van der Waals surface area contributed by atoms with E-state index in [-0.39, 0.29) is 0 Å². The van der Waals surface area contributed by atoms with Crippen LogP contribution in [0.15, 0.2) is 27.1 Å². The van der Waals surface area contributed by atoms with Gasteiger partial charge in [0.15, 0.2) is 0 Å². The predicted octanol–water partition coefficient (Wildman–Crippen LogP) is 1.98. The molecule has 0 amide bonds. The normalized spacial score (nSPS) is 9.53. The number of rotatable bonds is 3. The summed E-state index contributed by atoms with van der Waals surface area (Å²) in [4.78, 5) is 12.4. The molecule has 0 fully saturated rings. The molecule has 0 aromatic heterocycles. The Balaban J connectivity index is 3.38. The van der Waals surface area contributed by atoms with Crippen LogP contribution in [0.5, 0.6) is 0 Å². The van der Waals surface area contributed by atoms with Gasteiger partial charge in [-0.15, -0.1) is 0 Å². The van der Waals surface area contributed by atoms with E-state index < -0.39 is 0 Å². The van der Waals surface area contributed by atoms with Crippen molar-refractivity contribution in [1.82, 2.24) is 0 Å². The van der Waals surface area contributed by atoms with Crippen molar-refractivity contribution >= 4 is 82.9 Å². The SMILES string of the molecule is C=Nc1cc(C)c(N=[C]([Pb])[Pb])cc1N=C. The minimum absolute atomic E-state index is 0.749. The summed E-state index contributed by atoms with van der Waals surface area (Å²) in [6, 6.07) is 3.87. The molecule has 1 rings (SSSR count). The van der Waals surface area contributed by atoms with Crippen molar-refractivity contribution in [3.8, 4) is 0 Å². The summed E-state index contributed by atoms with van der Waals surface area (Å²) in [6.07, 6.45) is 0. The molecule has 0 saturated heterocycles. The summed E-state index contributed by atoms with van der Waals surface area (Å²) in [5, 5.41) is 0. The summed E-state index contributed by atoms with van der Waals surface area (Å²) in [5.74, 6) is 0. The van der Waals surface area contributed by atoms with Gasteiger partial charge in [0.25, 0.3) is 0 Å². The molecule has 0 heterocycles. The van der Waals surface area contributed by atoms with Crippen molar-refractivity contribution in [2.45, 2.75) is 6.92 Å². The molecule has 0 unspecified atom stereocenters. The van der Waals surface area contributed by atoms with Crippen LogP contribution in [0.4, 0.5) is 17.1 Å². The first kappa shape index (κ1) is 13.1. The van der Waals surface area contributed by atoms with Gasteiger partial charge in [0.05, 0.1) is 0 Å². The van der Waals surface area contributed by atoms with Crippen molar-refractivity contribution in [2.24, 2.45) is 15.0 Å². The Morgan fingerprint density at radius 1 is 1.07 bits per heavy atom. The second-order valence-electron chi connectivity index (χ2n) is 2.90. The number of hydrogen-bond acceptors (Lipinski definition) is 3. The van der Waals surface area contributed by atoms with Crippen molar-refractivity contribution in [3.63, 3.8) is 0 Å². The minimum atomic E-state index is 0.749. The van der Waals surface area contributed by atoms with E-state index in [1.54, 1.807) is 0 Å². The molecule has 0 aliphatic rings. The van der Waals surface area contributed by atoms with Crippen molar-refractivity contribution in [2.75, 3.05) is 0 Å². The molecule has 72 valence electrons. The molecule has 1 aromatic rings. The third kappa shape index (κ3) is 3.54. The topological polar surface area (TPSA) is 37.1 Å². The van der Waals surface area contributed by atoms with E-state index in [2.05, 4.69) is 28.4 Å². The van der Waals surface area contributed by atoms with E-state index >= 15 is 0 Å². The Labute approximate surface area is 121 Å². The zero-order valence-corrected chi connectivity index (χ0v) is 16.2. The number of aryl methyl sites for hydroxylation is 1. The van der Waals surface area contributed by atoms with Crippen molar-refractivity contribution < 1.29 is 0 Å². The summed E-state index contributed by atoms with van der Waals surface area (Å²) in [5.41, 5.74) is 3.60. The molecule has 0 aliphatic heterocycles. The Bertz CT molecular complexity index is 435. The molecular formula is C10H9N3Pb2. The van der Waals surface area contributed by atoms with Crippen LogP contribution in [-0.4, -0.2) is 65.8 Å². The van der Waals surface area contributed by atoms with Gasteiger partial charge in [-0.1, -0.05) is 0 Å². The Morgan fingerprint density at radius 2 is 1.60 bits per heavy atom. The molecule has 0 spiro atoms. The molecule has 15 heavy (non-hydrogen) atoms. The van der Waals surface area contributed by atoms with E-state index in [1.807, 2.05) is 19.1 Å². The van der Waals surface area contributed by atoms with Crippen molar-refractivity contribution in [1.29, 1.82) is 0 Å². The molecule has 5 heteroatoms. The van der Waals surface area contributed by atoms with E-state index in [0.29, 0.717) is 0 Å². The fourth-order valence-corrected chi connectivity index (χ4v) is 2.10. The number of nitrogens with zero attached hydrogens (tertiary/aromatic N) is 3. The Kier molecular flexibility index (Phi) is 5.23. The van der Waals surface area contributed by atoms with Gasteiger partial charge in [0.2, 0.25) is 0 Å². The van der Waals surface area contributed by atoms with Crippen LogP contribution >= 0.6 is 0 Å². The zero-order valence-electron chi connectivity index (χ0n) is 8.41. The molecule has 0 bridgehead atoms. The standard InChI is InChI=1S/C10H9N3.2Pb/c1-7-5-9(12-3)10(13-4)6-8(7)11-2;;/h5-6H,3-4H2,1H3;;. The summed E-state index contributed by atoms with van der Waals surface area (Å²) in [7, 11) is 0. The van der Waals surface area contributed by atoms with E-state index in [1.165, 1.54) is 0.830 Å². The van der Waals surface area contributed by atoms with Crippen LogP contribution in [0.2, 0.25) is 0 Å². The maximum absolute atomic E-state index is 4.53. The monoisotopic (exact) mass is 587 g/mol. The number of hydrogen-bond donors (Lipinski definition) is 0. The van der Waals surface area contributed by atoms with Crippen LogP contribution in [0.25, 0.3) is 0 Å². The Hall–Kier alpha value is 0.0742. The van der Waals surface area contributed by atoms with Gasteiger partial charge in [-0.3, -0.25) is 0 Å². The third-order valence-corrected chi connectivity index (χ3v) is 2.74. The van der Waals surface area contributed by atoms with Gasteiger partial charge >= 0.3 is 122 Å². The second-order valence-corrected chi connectivity index (χ2v) is 14.1. The first-order chi connectivity index (χ1) is 7.08. The zero-order chi connectivity index (χ0) is 11.4. The van der Waals surface area contributed by atoms with Gasteiger partial charge in [0.1, 0.15) is 0 Å². The Morgan fingerprint density at radius 3 is 2.07 bits per heavy atom. The number of aliphatic imine (C=N–C) groups is 3. The van der Waals surface area contributed by atoms with E-state index in [9.17, 15) is 0 Å². The van der Waals surface area contributed by atoms with Crippen LogP contribution < -0.4 is 0 Å². The van der Waals surface area contributed by atoms with Gasteiger partial charge in [-0.05, 0) is 0 Å². The van der Waals surface area contributed by atoms with Crippen molar-refractivity contribution in [3.05, 3.63) is 17.7 Å². The summed E-state index contributed by atoms with van der Waals surface area (Å²) < 4.78 is 1.28. The van der Waals surface area contributed by atoms with Crippen LogP contribution in [0.3, 0.4) is 0 Å². The fourth-order valence-electron chi connectivity index (χ4n) is 1.16. The molecule has 3 nitrogen and oxygen atoms in total. The average Bonchev–Trinajstić information content (AvgIpc) is 2.19. The molecule has 0 atom stereocenters. The fraction of sp³-hybridized carbons (Fsp3) is 0.100. The molecule has 0 N–H and O–H groups in total. The average molecular weight is 586 g/mol. The summed E-state index contributed by atoms with van der Waals surface area (Å²) >= 11 is 2.06. The molecule has 6 radical (unpaired) electrons. The first-order valence-electron chi connectivity index (χ1n) is 4.18. The maximum atomic E-state index is 4.53. The first-order valence-corrected chi connectivity index (χ1v) is 8.07. The molecule has 0 saturated carbocycles. The quantitative estimate of drug-likeness (QED) is 0.385. The van der Waals surface area contributed by atoms with E-state index in [0.717, 1.165) is 74.2 Å². The number of benzene rings is 1. The summed E-state index contributed by atoms with van der Waals surface area (Å²) in [6.45, 7) is 9.05. The molecule has 1 aromatic carbocycles. The third-order valence-electron chi connectivity index (χ3n) is 1.87. The van der Waals surface area contributed by atoms with Crippen LogP contribution in [-0.2, 0) is 0 Å². The predicted molar refractivity (Wildman–Crippen MR) is 68.2 cm³/mol. The van der Waals surface area contributed by atoms with Gasteiger partial charge in [-0.25, -0.2) is 0 Å². The van der Waals surface area contributed by atoms with E-state index in [4.69, 9.17) is 0 Å². The van der Waals surface area contributed by atoms with Crippen LogP contribution in [0, 0.1) is 6.92 Å². The van der Waals surface area contributed by atoms with Gasteiger partial charge < -0.3 is 0 Å². The van der Waals surface area contributed by atoms with Gasteiger partial charge in [0, 0.05) is 0 Å². The second kappa shape index (κ2) is 5.97. The molecule has 0 aliphatic carbocycles. The molecular weight excluding hydrogens is 577 g/mol. The van der Waals surface area contributed by atoms with Crippen LogP contribution in [0.1, 0.15) is 5.56 Å². The van der Waals surface area contributed by atoms with Gasteiger partial charge in [-0.2, -0.15) is 0 Å².